The summed E-state index contributed by atoms with van der Waals surface area (Å²) in [5.74, 6) is -0.683. The largest absolute Gasteiger partial charge is 0.273 e. The lowest BCUT2D eigenvalue weighted by atomic mass is 9.96. The molecule has 0 bridgehead atoms. The van der Waals surface area contributed by atoms with Crippen molar-refractivity contribution in [2.24, 2.45) is 5.92 Å². The molecule has 0 spiro atoms. The second-order valence-electron chi connectivity index (χ2n) is 7.27. The Balaban J connectivity index is 2.02. The van der Waals surface area contributed by atoms with Crippen molar-refractivity contribution in [3.05, 3.63) is 70.8 Å². The Hall–Kier alpha value is -2.14. The molecule has 0 radical (unpaired) electrons. The highest BCUT2D eigenvalue weighted by atomic mass is 32.2. The van der Waals surface area contributed by atoms with Gasteiger partial charge in [-0.05, 0) is 42.9 Å². The average Bonchev–Trinajstić information content (AvgIpc) is 2.56. The maximum Gasteiger partial charge on any atom is 0.240 e. The average molecular weight is 374 g/mol. The zero-order valence-electron chi connectivity index (χ0n) is 15.8. The zero-order valence-corrected chi connectivity index (χ0v) is 16.6. The number of amides is 1. The van der Waals surface area contributed by atoms with Gasteiger partial charge in [-0.15, -0.1) is 0 Å². The smallest absolute Gasteiger partial charge is 0.240 e. The summed E-state index contributed by atoms with van der Waals surface area (Å²) in [5, 5.41) is 0. The van der Waals surface area contributed by atoms with Gasteiger partial charge in [-0.3, -0.25) is 9.52 Å². The molecule has 0 aliphatic rings. The minimum absolute atomic E-state index is 0.209. The van der Waals surface area contributed by atoms with E-state index in [4.69, 9.17) is 0 Å². The molecule has 0 aliphatic heterocycles. The van der Waals surface area contributed by atoms with Gasteiger partial charge in [0.15, 0.2) is 0 Å². The van der Waals surface area contributed by atoms with Crippen molar-refractivity contribution in [1.29, 1.82) is 0 Å². The van der Waals surface area contributed by atoms with E-state index < -0.39 is 21.8 Å². The molecule has 4 nitrogen and oxygen atoms in total. The molecule has 0 aromatic heterocycles. The lowest BCUT2D eigenvalue weighted by Crippen LogP contribution is -2.34. The lowest BCUT2D eigenvalue weighted by Gasteiger charge is -2.14. The second-order valence-corrected chi connectivity index (χ2v) is 8.99. The van der Waals surface area contributed by atoms with Crippen LogP contribution in [0.25, 0.3) is 0 Å². The summed E-state index contributed by atoms with van der Waals surface area (Å²) in [6, 6.07) is 15.0. The second kappa shape index (κ2) is 8.49. The SMILES string of the molecule is Cc1ccc(CS(=O)(=O)NC(=O)C(C)c2ccc(CC(C)C)cc2)cc1. The topological polar surface area (TPSA) is 63.2 Å². The number of benzene rings is 2. The van der Waals surface area contributed by atoms with Crippen molar-refractivity contribution in [2.45, 2.75) is 45.8 Å². The van der Waals surface area contributed by atoms with Crippen LogP contribution in [0.1, 0.15) is 48.9 Å². The van der Waals surface area contributed by atoms with Crippen LogP contribution in [0.4, 0.5) is 0 Å². The van der Waals surface area contributed by atoms with Crippen molar-refractivity contribution in [2.75, 3.05) is 0 Å². The molecule has 0 fully saturated rings. The fraction of sp³-hybridized carbons (Fsp3) is 0.381. The van der Waals surface area contributed by atoms with Crippen molar-refractivity contribution < 1.29 is 13.2 Å². The van der Waals surface area contributed by atoms with E-state index in [-0.39, 0.29) is 5.75 Å². The Morgan fingerprint density at radius 1 is 0.923 bits per heavy atom. The Morgan fingerprint density at radius 3 is 2.00 bits per heavy atom. The van der Waals surface area contributed by atoms with Gasteiger partial charge >= 0.3 is 0 Å². The van der Waals surface area contributed by atoms with Gasteiger partial charge in [0.25, 0.3) is 0 Å². The zero-order chi connectivity index (χ0) is 19.3. The standard InChI is InChI=1S/C21H27NO3S/c1-15(2)13-18-9-11-20(12-10-18)17(4)21(23)22-26(24,25)14-19-7-5-16(3)6-8-19/h5-12,15,17H,13-14H2,1-4H3,(H,22,23). The molecule has 1 N–H and O–H groups in total. The van der Waals surface area contributed by atoms with Crippen LogP contribution in [0.2, 0.25) is 0 Å². The van der Waals surface area contributed by atoms with E-state index in [9.17, 15) is 13.2 Å². The number of hydrogen-bond donors (Lipinski definition) is 1. The van der Waals surface area contributed by atoms with Gasteiger partial charge in [-0.1, -0.05) is 67.9 Å². The Bertz CT molecular complexity index is 838. The third kappa shape index (κ3) is 5.99. The molecule has 1 unspecified atom stereocenters. The summed E-state index contributed by atoms with van der Waals surface area (Å²) < 4.78 is 26.7. The molecule has 26 heavy (non-hydrogen) atoms. The summed E-state index contributed by atoms with van der Waals surface area (Å²) in [5.41, 5.74) is 3.73. The van der Waals surface area contributed by atoms with Crippen LogP contribution in [0, 0.1) is 12.8 Å². The molecule has 0 saturated carbocycles. The van der Waals surface area contributed by atoms with Crippen LogP contribution in [0.5, 0.6) is 0 Å². The predicted molar refractivity (Wildman–Crippen MR) is 105 cm³/mol. The van der Waals surface area contributed by atoms with Crippen LogP contribution in [0.15, 0.2) is 48.5 Å². The summed E-state index contributed by atoms with van der Waals surface area (Å²) >= 11 is 0. The fourth-order valence-corrected chi connectivity index (χ4v) is 3.93. The number of sulfonamides is 1. The lowest BCUT2D eigenvalue weighted by molar-refractivity contribution is -0.120. The summed E-state index contributed by atoms with van der Waals surface area (Å²) in [7, 11) is -3.72. The molecule has 0 saturated heterocycles. The number of carbonyl (C=O) groups is 1. The van der Waals surface area contributed by atoms with E-state index in [0.717, 1.165) is 17.5 Å². The number of nitrogens with one attached hydrogen (secondary N) is 1. The molecular weight excluding hydrogens is 346 g/mol. The molecule has 140 valence electrons. The van der Waals surface area contributed by atoms with E-state index in [1.54, 1.807) is 19.1 Å². The molecule has 1 amide bonds. The van der Waals surface area contributed by atoms with E-state index in [1.807, 2.05) is 43.3 Å². The summed E-state index contributed by atoms with van der Waals surface area (Å²) in [6.45, 7) is 7.97. The van der Waals surface area contributed by atoms with Gasteiger partial charge < -0.3 is 0 Å². The Morgan fingerprint density at radius 2 is 1.46 bits per heavy atom. The van der Waals surface area contributed by atoms with Crippen LogP contribution >= 0.6 is 0 Å². The highest BCUT2D eigenvalue weighted by Crippen LogP contribution is 2.18. The van der Waals surface area contributed by atoms with E-state index in [0.29, 0.717) is 11.5 Å². The first-order valence-electron chi connectivity index (χ1n) is 8.85. The fourth-order valence-electron chi connectivity index (χ4n) is 2.75. The predicted octanol–water partition coefficient (Wildman–Crippen LogP) is 3.94. The quantitative estimate of drug-likeness (QED) is 0.799. The molecule has 0 aliphatic carbocycles. The number of hydrogen-bond acceptors (Lipinski definition) is 3. The van der Waals surface area contributed by atoms with Crippen LogP contribution in [-0.2, 0) is 27.0 Å². The molecule has 5 heteroatoms. The molecule has 0 heterocycles. The summed E-state index contributed by atoms with van der Waals surface area (Å²) in [6.07, 6.45) is 0.978. The maximum atomic E-state index is 12.4. The minimum Gasteiger partial charge on any atom is -0.273 e. The monoisotopic (exact) mass is 373 g/mol. The third-order valence-corrected chi connectivity index (χ3v) is 5.48. The van der Waals surface area contributed by atoms with Gasteiger partial charge in [-0.25, -0.2) is 8.42 Å². The molecule has 2 aromatic rings. The van der Waals surface area contributed by atoms with Gasteiger partial charge in [0, 0.05) is 0 Å². The highest BCUT2D eigenvalue weighted by molar-refractivity contribution is 7.89. The van der Waals surface area contributed by atoms with Gasteiger partial charge in [0.1, 0.15) is 0 Å². The number of rotatable bonds is 7. The first-order chi connectivity index (χ1) is 12.2. The summed E-state index contributed by atoms with van der Waals surface area (Å²) in [4.78, 5) is 12.4. The van der Waals surface area contributed by atoms with Crippen LogP contribution < -0.4 is 4.72 Å². The van der Waals surface area contributed by atoms with Crippen LogP contribution in [-0.4, -0.2) is 14.3 Å². The van der Waals surface area contributed by atoms with Gasteiger partial charge in [0.2, 0.25) is 15.9 Å². The van der Waals surface area contributed by atoms with Crippen molar-refractivity contribution >= 4 is 15.9 Å². The van der Waals surface area contributed by atoms with Gasteiger partial charge in [-0.2, -0.15) is 0 Å². The van der Waals surface area contributed by atoms with E-state index in [2.05, 4.69) is 18.6 Å². The highest BCUT2D eigenvalue weighted by Gasteiger charge is 2.21. The van der Waals surface area contributed by atoms with Crippen molar-refractivity contribution in [3.63, 3.8) is 0 Å². The normalized spacial score (nSPS) is 12.8. The van der Waals surface area contributed by atoms with E-state index >= 15 is 0 Å². The van der Waals surface area contributed by atoms with Gasteiger partial charge in [0.05, 0.1) is 11.7 Å². The minimum atomic E-state index is -3.72. The van der Waals surface area contributed by atoms with E-state index in [1.165, 1.54) is 5.56 Å². The first-order valence-corrected chi connectivity index (χ1v) is 10.5. The first kappa shape index (κ1) is 20.2. The number of carbonyl (C=O) groups excluding carboxylic acids is 1. The Kier molecular flexibility index (Phi) is 6.59. The third-order valence-electron chi connectivity index (χ3n) is 4.25. The molecule has 2 aromatic carbocycles. The number of aryl methyl sites for hydroxylation is 1. The molecule has 1 atom stereocenters. The molecular formula is C21H27NO3S. The van der Waals surface area contributed by atoms with Crippen molar-refractivity contribution in [3.8, 4) is 0 Å². The van der Waals surface area contributed by atoms with Crippen molar-refractivity contribution in [1.82, 2.24) is 4.72 Å². The van der Waals surface area contributed by atoms with Crippen LogP contribution in [0.3, 0.4) is 0 Å². The molecule has 2 rings (SSSR count). The Labute approximate surface area is 156 Å². The maximum absolute atomic E-state index is 12.4.